The van der Waals surface area contributed by atoms with Crippen LogP contribution in [0, 0.1) is 0 Å². The summed E-state index contributed by atoms with van der Waals surface area (Å²) in [6, 6.07) is 7.32. The molecular weight excluding hydrogens is 258 g/mol. The molecule has 2 N–H and O–H groups in total. The molecule has 0 amide bonds. The van der Waals surface area contributed by atoms with Gasteiger partial charge in [-0.25, -0.2) is 0 Å². The van der Waals surface area contributed by atoms with Crippen LogP contribution < -0.4 is 5.32 Å². The first-order valence-corrected chi connectivity index (χ1v) is 5.54. The maximum Gasteiger partial charge on any atom is 0.320 e. The van der Waals surface area contributed by atoms with Crippen LogP contribution in [0.3, 0.4) is 0 Å². The van der Waals surface area contributed by atoms with Crippen molar-refractivity contribution in [1.29, 1.82) is 0 Å². The van der Waals surface area contributed by atoms with Gasteiger partial charge in [-0.1, -0.05) is 28.1 Å². The lowest BCUT2D eigenvalue weighted by molar-refractivity contribution is -0.139. The highest BCUT2D eigenvalue weighted by molar-refractivity contribution is 9.10. The van der Waals surface area contributed by atoms with Crippen molar-refractivity contribution in [3.8, 4) is 0 Å². The Morgan fingerprint density at radius 2 is 1.87 bits per heavy atom. The number of carbonyl (C=O) groups is 1. The van der Waals surface area contributed by atoms with Crippen LogP contribution in [-0.4, -0.2) is 17.1 Å². The first-order valence-electron chi connectivity index (χ1n) is 4.75. The van der Waals surface area contributed by atoms with Crippen molar-refractivity contribution in [3.63, 3.8) is 0 Å². The molecule has 0 saturated heterocycles. The van der Waals surface area contributed by atoms with Crippen LogP contribution in [-0.2, 0) is 4.79 Å². The minimum Gasteiger partial charge on any atom is -0.480 e. The van der Waals surface area contributed by atoms with Gasteiger partial charge in [0.1, 0.15) is 6.04 Å². The van der Waals surface area contributed by atoms with Crippen LogP contribution in [0.2, 0.25) is 0 Å². The van der Waals surface area contributed by atoms with E-state index in [1.165, 1.54) is 0 Å². The van der Waals surface area contributed by atoms with E-state index < -0.39 is 12.0 Å². The van der Waals surface area contributed by atoms with Crippen LogP contribution in [0.5, 0.6) is 0 Å². The third-order valence-electron chi connectivity index (χ3n) is 2.24. The van der Waals surface area contributed by atoms with Gasteiger partial charge in [0.25, 0.3) is 0 Å². The number of carboxylic acids is 1. The van der Waals surface area contributed by atoms with Crippen LogP contribution in [0.1, 0.15) is 25.5 Å². The Bertz CT molecular complexity index is 337. The quantitative estimate of drug-likeness (QED) is 0.885. The summed E-state index contributed by atoms with van der Waals surface area (Å²) in [5, 5.41) is 11.8. The molecule has 2 unspecified atom stereocenters. The molecule has 0 aliphatic carbocycles. The second-order valence-electron chi connectivity index (χ2n) is 3.50. The predicted octanol–water partition coefficient (Wildman–Crippen LogP) is 2.57. The third kappa shape index (κ3) is 3.64. The molecule has 0 spiro atoms. The fourth-order valence-electron chi connectivity index (χ4n) is 1.29. The smallest absolute Gasteiger partial charge is 0.320 e. The average Bonchev–Trinajstić information content (AvgIpc) is 2.18. The van der Waals surface area contributed by atoms with Crippen molar-refractivity contribution < 1.29 is 9.90 Å². The van der Waals surface area contributed by atoms with Gasteiger partial charge in [-0.2, -0.15) is 0 Å². The topological polar surface area (TPSA) is 49.3 Å². The van der Waals surface area contributed by atoms with Gasteiger partial charge in [0.15, 0.2) is 0 Å². The van der Waals surface area contributed by atoms with Crippen molar-refractivity contribution in [2.75, 3.05) is 0 Å². The maximum atomic E-state index is 10.7. The zero-order valence-corrected chi connectivity index (χ0v) is 10.3. The van der Waals surface area contributed by atoms with Gasteiger partial charge < -0.3 is 5.11 Å². The van der Waals surface area contributed by atoms with Gasteiger partial charge in [0.05, 0.1) is 0 Å². The van der Waals surface area contributed by atoms with Gasteiger partial charge in [-0.05, 0) is 31.5 Å². The number of halogens is 1. The van der Waals surface area contributed by atoms with E-state index in [0.29, 0.717) is 0 Å². The van der Waals surface area contributed by atoms with Crippen LogP contribution in [0.25, 0.3) is 0 Å². The maximum absolute atomic E-state index is 10.7. The lowest BCUT2D eigenvalue weighted by Crippen LogP contribution is -2.35. The second-order valence-corrected chi connectivity index (χ2v) is 4.42. The van der Waals surface area contributed by atoms with Crippen LogP contribution in [0.4, 0.5) is 0 Å². The monoisotopic (exact) mass is 271 g/mol. The molecule has 0 aliphatic rings. The largest absolute Gasteiger partial charge is 0.480 e. The number of rotatable bonds is 4. The van der Waals surface area contributed by atoms with E-state index in [1.54, 1.807) is 6.92 Å². The van der Waals surface area contributed by atoms with Gasteiger partial charge in [0, 0.05) is 10.5 Å². The summed E-state index contributed by atoms with van der Waals surface area (Å²) >= 11 is 3.35. The lowest BCUT2D eigenvalue weighted by atomic mass is 10.1. The molecule has 0 saturated carbocycles. The van der Waals surface area contributed by atoms with E-state index in [2.05, 4.69) is 21.2 Å². The Morgan fingerprint density at radius 1 is 1.33 bits per heavy atom. The zero-order valence-electron chi connectivity index (χ0n) is 8.70. The van der Waals surface area contributed by atoms with Crippen LogP contribution in [0.15, 0.2) is 28.7 Å². The van der Waals surface area contributed by atoms with E-state index >= 15 is 0 Å². The molecule has 0 heterocycles. The van der Waals surface area contributed by atoms with Gasteiger partial charge in [-0.15, -0.1) is 0 Å². The summed E-state index contributed by atoms with van der Waals surface area (Å²) < 4.78 is 1.02. The van der Waals surface area contributed by atoms with E-state index in [-0.39, 0.29) is 6.04 Å². The molecule has 2 atom stereocenters. The Hall–Kier alpha value is -0.870. The molecule has 0 bridgehead atoms. The first kappa shape index (κ1) is 12.2. The molecule has 15 heavy (non-hydrogen) atoms. The van der Waals surface area contributed by atoms with Crippen molar-refractivity contribution in [3.05, 3.63) is 34.3 Å². The highest BCUT2D eigenvalue weighted by Gasteiger charge is 2.14. The molecule has 3 nitrogen and oxygen atoms in total. The molecular formula is C11H14BrNO2. The standard InChI is InChI=1S/C11H14BrNO2/c1-7(13-8(2)11(14)15)9-3-5-10(12)6-4-9/h3-8,13H,1-2H3,(H,14,15). The van der Waals surface area contributed by atoms with Crippen LogP contribution >= 0.6 is 15.9 Å². The highest BCUT2D eigenvalue weighted by Crippen LogP contribution is 2.16. The predicted molar refractivity (Wildman–Crippen MR) is 62.8 cm³/mol. The lowest BCUT2D eigenvalue weighted by Gasteiger charge is -2.17. The molecule has 1 rings (SSSR count). The fraction of sp³-hybridized carbons (Fsp3) is 0.364. The SMILES string of the molecule is CC(NC(C)c1ccc(Br)cc1)C(=O)O. The molecule has 1 aromatic rings. The number of hydrogen-bond acceptors (Lipinski definition) is 2. The molecule has 0 fully saturated rings. The normalized spacial score (nSPS) is 14.6. The molecule has 4 heteroatoms. The van der Waals surface area contributed by atoms with Crippen molar-refractivity contribution in [1.82, 2.24) is 5.32 Å². The molecule has 0 aliphatic heterocycles. The minimum atomic E-state index is -0.834. The van der Waals surface area contributed by atoms with E-state index in [9.17, 15) is 4.79 Å². The van der Waals surface area contributed by atoms with Gasteiger partial charge in [0.2, 0.25) is 0 Å². The Kier molecular flexibility index (Phi) is 4.29. The Morgan fingerprint density at radius 3 is 2.33 bits per heavy atom. The van der Waals surface area contributed by atoms with E-state index in [0.717, 1.165) is 10.0 Å². The summed E-state index contributed by atoms with van der Waals surface area (Å²) in [4.78, 5) is 10.7. The second kappa shape index (κ2) is 5.28. The summed E-state index contributed by atoms with van der Waals surface area (Å²) in [6.45, 7) is 3.58. The number of aliphatic carboxylic acids is 1. The first-order chi connectivity index (χ1) is 7.00. The molecule has 0 radical (unpaired) electrons. The molecule has 0 aromatic heterocycles. The third-order valence-corrected chi connectivity index (χ3v) is 2.77. The summed E-state index contributed by atoms with van der Waals surface area (Å²) in [5.74, 6) is -0.834. The van der Waals surface area contributed by atoms with Crippen molar-refractivity contribution in [2.45, 2.75) is 25.9 Å². The summed E-state index contributed by atoms with van der Waals surface area (Å²) in [6.07, 6.45) is 0. The Balaban J connectivity index is 2.64. The average molecular weight is 272 g/mol. The van der Waals surface area contributed by atoms with E-state index in [4.69, 9.17) is 5.11 Å². The number of nitrogens with one attached hydrogen (secondary N) is 1. The molecule has 1 aromatic carbocycles. The number of hydrogen-bond donors (Lipinski definition) is 2. The van der Waals surface area contributed by atoms with E-state index in [1.807, 2.05) is 31.2 Å². The fourth-order valence-corrected chi connectivity index (χ4v) is 1.56. The minimum absolute atomic E-state index is 0.0317. The number of benzene rings is 1. The Labute approximate surface area is 97.6 Å². The highest BCUT2D eigenvalue weighted by atomic mass is 79.9. The zero-order chi connectivity index (χ0) is 11.4. The molecule has 82 valence electrons. The summed E-state index contributed by atoms with van der Waals surface area (Å²) in [5.41, 5.74) is 1.08. The summed E-state index contributed by atoms with van der Waals surface area (Å²) in [7, 11) is 0. The van der Waals surface area contributed by atoms with Crippen molar-refractivity contribution >= 4 is 21.9 Å². The van der Waals surface area contributed by atoms with Gasteiger partial charge in [-0.3, -0.25) is 10.1 Å². The van der Waals surface area contributed by atoms with Crippen molar-refractivity contribution in [2.24, 2.45) is 0 Å². The van der Waals surface area contributed by atoms with Gasteiger partial charge >= 0.3 is 5.97 Å². The number of carboxylic acid groups (broad SMARTS) is 1.